The maximum Gasteiger partial charge on any atom is 0.221 e. The minimum absolute atomic E-state index is 0.189. The molecule has 0 aromatic heterocycles. The van der Waals surface area contributed by atoms with Crippen LogP contribution in [0.4, 0.5) is 0 Å². The van der Waals surface area contributed by atoms with Crippen LogP contribution in [0.25, 0.3) is 0 Å². The van der Waals surface area contributed by atoms with Gasteiger partial charge < -0.3 is 0 Å². The summed E-state index contributed by atoms with van der Waals surface area (Å²) >= 11 is 5.32. The SMILES string of the molecule is CCCCCCCCCCCCC/C=C/CCCCCCCC(=O)Cl. The molecule has 2 heteroatoms. The van der Waals surface area contributed by atoms with Crippen LogP contribution in [-0.4, -0.2) is 5.24 Å². The zero-order valence-electron chi connectivity index (χ0n) is 16.9. The van der Waals surface area contributed by atoms with Crippen LogP contribution in [0.5, 0.6) is 0 Å². The van der Waals surface area contributed by atoms with E-state index in [0.717, 1.165) is 12.8 Å². The highest BCUT2D eigenvalue weighted by molar-refractivity contribution is 6.63. The Morgan fingerprint density at radius 2 is 0.960 bits per heavy atom. The maximum atomic E-state index is 10.6. The third-order valence-electron chi connectivity index (χ3n) is 4.89. The normalized spacial score (nSPS) is 11.4. The van der Waals surface area contributed by atoms with Crippen LogP contribution < -0.4 is 0 Å². The Kier molecular flexibility index (Phi) is 21.5. The molecule has 1 nitrogen and oxygen atoms in total. The molecule has 0 atom stereocenters. The van der Waals surface area contributed by atoms with Crippen molar-refractivity contribution in [3.63, 3.8) is 0 Å². The van der Waals surface area contributed by atoms with Crippen LogP contribution in [0.3, 0.4) is 0 Å². The second-order valence-electron chi connectivity index (χ2n) is 7.46. The summed E-state index contributed by atoms with van der Waals surface area (Å²) in [4.78, 5) is 10.6. The van der Waals surface area contributed by atoms with Gasteiger partial charge in [0.15, 0.2) is 0 Å². The van der Waals surface area contributed by atoms with Crippen molar-refractivity contribution >= 4 is 16.8 Å². The predicted octanol–water partition coefficient (Wildman–Crippen LogP) is 8.74. The van der Waals surface area contributed by atoms with Gasteiger partial charge in [-0.2, -0.15) is 0 Å². The quantitative estimate of drug-likeness (QED) is 0.119. The second kappa shape index (κ2) is 21.7. The molecule has 0 aromatic rings. The summed E-state index contributed by atoms with van der Waals surface area (Å²) in [5.74, 6) is 0. The van der Waals surface area contributed by atoms with E-state index in [1.807, 2.05) is 0 Å². The Balaban J connectivity index is 3.07. The molecule has 0 aliphatic rings. The van der Waals surface area contributed by atoms with E-state index in [4.69, 9.17) is 11.6 Å². The highest BCUT2D eigenvalue weighted by atomic mass is 35.5. The fourth-order valence-corrected chi connectivity index (χ4v) is 3.35. The van der Waals surface area contributed by atoms with E-state index in [1.165, 1.54) is 103 Å². The van der Waals surface area contributed by atoms with Crippen LogP contribution >= 0.6 is 11.6 Å². The van der Waals surface area contributed by atoms with Gasteiger partial charge in [0.05, 0.1) is 0 Å². The Morgan fingerprint density at radius 3 is 1.36 bits per heavy atom. The Bertz CT molecular complexity index is 298. The fraction of sp³-hybridized carbons (Fsp3) is 0.870. The van der Waals surface area contributed by atoms with Crippen molar-refractivity contribution in [3.8, 4) is 0 Å². The molecular formula is C23H43ClO. The lowest BCUT2D eigenvalue weighted by Gasteiger charge is -2.01. The molecule has 0 aliphatic heterocycles. The van der Waals surface area contributed by atoms with Crippen molar-refractivity contribution in [2.45, 2.75) is 129 Å². The Labute approximate surface area is 163 Å². The monoisotopic (exact) mass is 370 g/mol. The van der Waals surface area contributed by atoms with Crippen LogP contribution in [0, 0.1) is 0 Å². The van der Waals surface area contributed by atoms with E-state index in [2.05, 4.69) is 19.1 Å². The molecule has 0 radical (unpaired) electrons. The highest BCUT2D eigenvalue weighted by Gasteiger charge is 1.95. The number of carbonyl (C=O) groups is 1. The first-order valence-corrected chi connectivity index (χ1v) is 11.5. The van der Waals surface area contributed by atoms with Crippen molar-refractivity contribution in [3.05, 3.63) is 12.2 Å². The van der Waals surface area contributed by atoms with E-state index in [9.17, 15) is 4.79 Å². The molecule has 0 amide bonds. The largest absolute Gasteiger partial charge is 0.281 e. The van der Waals surface area contributed by atoms with Gasteiger partial charge >= 0.3 is 0 Å². The lowest BCUT2D eigenvalue weighted by Crippen LogP contribution is -1.86. The van der Waals surface area contributed by atoms with Crippen LogP contribution in [-0.2, 0) is 4.79 Å². The number of unbranched alkanes of at least 4 members (excludes halogenated alkanes) is 16. The molecule has 0 spiro atoms. The summed E-state index contributed by atoms with van der Waals surface area (Å²) < 4.78 is 0. The van der Waals surface area contributed by atoms with Crippen molar-refractivity contribution in [1.82, 2.24) is 0 Å². The molecule has 0 rings (SSSR count). The lowest BCUT2D eigenvalue weighted by atomic mass is 10.0. The summed E-state index contributed by atoms with van der Waals surface area (Å²) in [6, 6.07) is 0. The number of rotatable bonds is 20. The molecule has 0 saturated carbocycles. The molecule has 0 aliphatic carbocycles. The maximum absolute atomic E-state index is 10.6. The first kappa shape index (κ1) is 24.7. The zero-order valence-corrected chi connectivity index (χ0v) is 17.6. The fourth-order valence-electron chi connectivity index (χ4n) is 3.22. The van der Waals surface area contributed by atoms with E-state index >= 15 is 0 Å². The summed E-state index contributed by atoms with van der Waals surface area (Å²) in [5.41, 5.74) is 0. The van der Waals surface area contributed by atoms with Crippen LogP contribution in [0.2, 0.25) is 0 Å². The molecule has 0 aromatic carbocycles. The number of allylic oxidation sites excluding steroid dienone is 2. The molecule has 148 valence electrons. The number of halogens is 1. The van der Waals surface area contributed by atoms with Gasteiger partial charge in [0.2, 0.25) is 5.24 Å². The summed E-state index contributed by atoms with van der Waals surface area (Å²) in [6.45, 7) is 2.28. The molecule has 0 unspecified atom stereocenters. The second-order valence-corrected chi connectivity index (χ2v) is 7.88. The van der Waals surface area contributed by atoms with E-state index < -0.39 is 0 Å². The lowest BCUT2D eigenvalue weighted by molar-refractivity contribution is -0.111. The Morgan fingerprint density at radius 1 is 0.600 bits per heavy atom. The topological polar surface area (TPSA) is 17.1 Å². The minimum atomic E-state index is -0.189. The number of carbonyl (C=O) groups excluding carboxylic acids is 1. The van der Waals surface area contributed by atoms with Gasteiger partial charge in [0, 0.05) is 6.42 Å². The van der Waals surface area contributed by atoms with Gasteiger partial charge in [0.25, 0.3) is 0 Å². The van der Waals surface area contributed by atoms with Crippen molar-refractivity contribution in [1.29, 1.82) is 0 Å². The van der Waals surface area contributed by atoms with Crippen molar-refractivity contribution in [2.24, 2.45) is 0 Å². The van der Waals surface area contributed by atoms with E-state index in [-0.39, 0.29) is 5.24 Å². The van der Waals surface area contributed by atoms with Gasteiger partial charge in [-0.1, -0.05) is 103 Å². The molecule has 0 fully saturated rings. The average Bonchev–Trinajstić information content (AvgIpc) is 2.60. The summed E-state index contributed by atoms with van der Waals surface area (Å²) in [6.07, 6.45) is 29.3. The Hall–Kier alpha value is -0.300. The highest BCUT2D eigenvalue weighted by Crippen LogP contribution is 2.12. The summed E-state index contributed by atoms with van der Waals surface area (Å²) in [7, 11) is 0. The minimum Gasteiger partial charge on any atom is -0.281 e. The first-order valence-electron chi connectivity index (χ1n) is 11.1. The summed E-state index contributed by atoms with van der Waals surface area (Å²) in [5, 5.41) is -0.189. The van der Waals surface area contributed by atoms with Crippen molar-refractivity contribution < 1.29 is 4.79 Å². The average molecular weight is 371 g/mol. The third-order valence-corrected chi connectivity index (χ3v) is 5.07. The van der Waals surface area contributed by atoms with Gasteiger partial charge in [-0.3, -0.25) is 4.79 Å². The van der Waals surface area contributed by atoms with Gasteiger partial charge in [0.1, 0.15) is 0 Å². The molecule has 0 N–H and O–H groups in total. The molecular weight excluding hydrogens is 328 g/mol. The van der Waals surface area contributed by atoms with E-state index in [0.29, 0.717) is 6.42 Å². The molecule has 0 heterocycles. The van der Waals surface area contributed by atoms with Gasteiger partial charge in [-0.15, -0.1) is 0 Å². The van der Waals surface area contributed by atoms with Crippen LogP contribution in [0.1, 0.15) is 129 Å². The van der Waals surface area contributed by atoms with Crippen LogP contribution in [0.15, 0.2) is 12.2 Å². The number of hydrogen-bond acceptors (Lipinski definition) is 1. The van der Waals surface area contributed by atoms with Crippen molar-refractivity contribution in [2.75, 3.05) is 0 Å². The smallest absolute Gasteiger partial charge is 0.221 e. The number of hydrogen-bond donors (Lipinski definition) is 0. The molecule has 0 saturated heterocycles. The zero-order chi connectivity index (χ0) is 18.4. The van der Waals surface area contributed by atoms with E-state index in [1.54, 1.807) is 0 Å². The van der Waals surface area contributed by atoms with Gasteiger partial charge in [-0.05, 0) is 43.7 Å². The predicted molar refractivity (Wildman–Crippen MR) is 113 cm³/mol. The third kappa shape index (κ3) is 23.7. The van der Waals surface area contributed by atoms with Gasteiger partial charge in [-0.25, -0.2) is 0 Å². The standard InChI is InChI=1S/C23H43ClO/c1-2-3-4-5-6-7-8-9-10-11-12-13-14-15-16-17-18-19-20-21-22-23(24)25/h14-15H,2-13,16-22H2,1H3/b15-14+. The molecule has 0 bridgehead atoms. The first-order chi connectivity index (χ1) is 12.3. The molecule has 25 heavy (non-hydrogen) atoms.